The molecule has 0 spiro atoms. The number of rotatable bonds is 12. The number of carbonyl (C=O) groups is 2. The number of halogens is 3. The van der Waals surface area contributed by atoms with E-state index in [0.717, 1.165) is 26.2 Å². The Morgan fingerprint density at radius 2 is 1.60 bits per heavy atom. The molecule has 0 saturated heterocycles. The fourth-order valence-corrected chi connectivity index (χ4v) is 5.73. The molecule has 214 valence electrons. The van der Waals surface area contributed by atoms with E-state index in [1.54, 1.807) is 0 Å². The van der Waals surface area contributed by atoms with Crippen LogP contribution < -0.4 is 9.62 Å². The third-order valence-electron chi connectivity index (χ3n) is 6.08. The number of sulfonamides is 1. The third-order valence-corrected chi connectivity index (χ3v) is 8.27. The van der Waals surface area contributed by atoms with Gasteiger partial charge < -0.3 is 10.2 Å². The summed E-state index contributed by atoms with van der Waals surface area (Å²) in [5.41, 5.74) is 1.76. The SMILES string of the molecule is CC(C)CNC(=O)[C@@H](Cc1ccccc1)N(Cc1ccc(Br)cc1)C(=O)CN(c1ccc(Cl)cc1Cl)S(C)(=O)=O. The molecule has 0 aliphatic rings. The van der Waals surface area contributed by atoms with Crippen LogP contribution in [-0.2, 0) is 32.6 Å². The lowest BCUT2D eigenvalue weighted by atomic mass is 10.0. The van der Waals surface area contributed by atoms with Gasteiger partial charge in [-0.05, 0) is 47.4 Å². The van der Waals surface area contributed by atoms with Crippen LogP contribution in [0.25, 0.3) is 0 Å². The Hall–Kier alpha value is -2.59. The van der Waals surface area contributed by atoms with E-state index in [1.165, 1.54) is 23.1 Å². The molecule has 0 unspecified atom stereocenters. The Morgan fingerprint density at radius 1 is 0.950 bits per heavy atom. The van der Waals surface area contributed by atoms with E-state index < -0.39 is 28.5 Å². The van der Waals surface area contributed by atoms with Crippen LogP contribution in [0, 0.1) is 5.92 Å². The van der Waals surface area contributed by atoms with Crippen molar-refractivity contribution in [1.29, 1.82) is 0 Å². The summed E-state index contributed by atoms with van der Waals surface area (Å²) in [6, 6.07) is 20.2. The molecule has 3 aromatic carbocycles. The number of nitrogens with one attached hydrogen (secondary N) is 1. The molecule has 0 aliphatic heterocycles. The van der Waals surface area contributed by atoms with Gasteiger partial charge in [0.1, 0.15) is 12.6 Å². The van der Waals surface area contributed by atoms with Crippen molar-refractivity contribution in [3.05, 3.63) is 98.4 Å². The highest BCUT2D eigenvalue weighted by Crippen LogP contribution is 2.30. The van der Waals surface area contributed by atoms with E-state index in [0.29, 0.717) is 11.6 Å². The number of nitrogens with zero attached hydrogens (tertiary/aromatic N) is 2. The second-order valence-corrected chi connectivity index (χ2v) is 13.5. The van der Waals surface area contributed by atoms with E-state index in [2.05, 4.69) is 21.2 Å². The van der Waals surface area contributed by atoms with Crippen LogP contribution in [0.4, 0.5) is 5.69 Å². The lowest BCUT2D eigenvalue weighted by molar-refractivity contribution is -0.140. The molecule has 1 atom stereocenters. The van der Waals surface area contributed by atoms with Crippen molar-refractivity contribution in [3.63, 3.8) is 0 Å². The van der Waals surface area contributed by atoms with Crippen molar-refractivity contribution in [1.82, 2.24) is 10.2 Å². The number of carbonyl (C=O) groups excluding carboxylic acids is 2. The molecule has 7 nitrogen and oxygen atoms in total. The topological polar surface area (TPSA) is 86.8 Å². The van der Waals surface area contributed by atoms with Gasteiger partial charge in [0.2, 0.25) is 21.8 Å². The second-order valence-electron chi connectivity index (χ2n) is 9.86. The maximum Gasteiger partial charge on any atom is 0.244 e. The Labute approximate surface area is 254 Å². The number of anilines is 1. The monoisotopic (exact) mass is 667 g/mol. The Kier molecular flexibility index (Phi) is 11.5. The molecule has 3 rings (SSSR count). The highest BCUT2D eigenvalue weighted by molar-refractivity contribution is 9.10. The van der Waals surface area contributed by atoms with Gasteiger partial charge in [-0.25, -0.2) is 8.42 Å². The van der Waals surface area contributed by atoms with Crippen molar-refractivity contribution in [3.8, 4) is 0 Å². The molecule has 11 heteroatoms. The van der Waals surface area contributed by atoms with E-state index in [9.17, 15) is 18.0 Å². The molecule has 2 amide bonds. The molecule has 0 saturated carbocycles. The van der Waals surface area contributed by atoms with E-state index in [1.807, 2.05) is 68.4 Å². The lowest BCUT2D eigenvalue weighted by Gasteiger charge is -2.34. The van der Waals surface area contributed by atoms with Crippen LogP contribution in [-0.4, -0.2) is 50.5 Å². The summed E-state index contributed by atoms with van der Waals surface area (Å²) in [5.74, 6) is -0.678. The van der Waals surface area contributed by atoms with E-state index in [-0.39, 0.29) is 35.5 Å². The first-order chi connectivity index (χ1) is 18.8. The van der Waals surface area contributed by atoms with Crippen LogP contribution in [0.15, 0.2) is 77.3 Å². The van der Waals surface area contributed by atoms with Gasteiger partial charge in [0.05, 0.1) is 17.0 Å². The van der Waals surface area contributed by atoms with Crippen molar-refractivity contribution < 1.29 is 18.0 Å². The Balaban J connectivity index is 2.06. The first-order valence-corrected chi connectivity index (χ1v) is 16.0. The molecular weight excluding hydrogens is 637 g/mol. The molecule has 0 heterocycles. The summed E-state index contributed by atoms with van der Waals surface area (Å²) in [5, 5.41) is 3.37. The van der Waals surface area contributed by atoms with E-state index in [4.69, 9.17) is 23.2 Å². The number of hydrogen-bond acceptors (Lipinski definition) is 4. The normalized spacial score (nSPS) is 12.2. The zero-order valence-corrected chi connectivity index (χ0v) is 26.4. The molecule has 0 radical (unpaired) electrons. The summed E-state index contributed by atoms with van der Waals surface area (Å²) in [7, 11) is -3.94. The van der Waals surface area contributed by atoms with Gasteiger partial charge in [0, 0.05) is 29.0 Å². The maximum atomic E-state index is 14.1. The fraction of sp³-hybridized carbons (Fsp3) is 0.310. The van der Waals surface area contributed by atoms with Gasteiger partial charge in [0.15, 0.2) is 0 Å². The largest absolute Gasteiger partial charge is 0.354 e. The van der Waals surface area contributed by atoms with Crippen molar-refractivity contribution in [2.24, 2.45) is 5.92 Å². The molecule has 0 bridgehead atoms. The first kappa shape index (κ1) is 31.9. The van der Waals surface area contributed by atoms with Crippen LogP contribution in [0.3, 0.4) is 0 Å². The number of benzene rings is 3. The average molecular weight is 669 g/mol. The highest BCUT2D eigenvalue weighted by Gasteiger charge is 2.33. The van der Waals surface area contributed by atoms with Gasteiger partial charge in [-0.2, -0.15) is 0 Å². The Bertz CT molecular complexity index is 1420. The molecule has 0 fully saturated rings. The quantitative estimate of drug-likeness (QED) is 0.259. The van der Waals surface area contributed by atoms with Crippen LogP contribution in [0.5, 0.6) is 0 Å². The molecule has 0 aliphatic carbocycles. The lowest BCUT2D eigenvalue weighted by Crippen LogP contribution is -2.53. The van der Waals surface area contributed by atoms with Crippen molar-refractivity contribution >= 4 is 66.7 Å². The maximum absolute atomic E-state index is 14.1. The minimum atomic E-state index is -3.94. The van der Waals surface area contributed by atoms with Gasteiger partial charge >= 0.3 is 0 Å². The molecule has 40 heavy (non-hydrogen) atoms. The minimum Gasteiger partial charge on any atom is -0.354 e. The molecule has 1 N–H and O–H groups in total. The number of amides is 2. The van der Waals surface area contributed by atoms with Gasteiger partial charge in [-0.1, -0.05) is 95.4 Å². The van der Waals surface area contributed by atoms with Crippen LogP contribution in [0.1, 0.15) is 25.0 Å². The Morgan fingerprint density at radius 3 is 2.17 bits per heavy atom. The smallest absolute Gasteiger partial charge is 0.244 e. The average Bonchev–Trinajstić information content (AvgIpc) is 2.89. The summed E-state index contributed by atoms with van der Waals surface area (Å²) in [4.78, 5) is 29.1. The van der Waals surface area contributed by atoms with Crippen molar-refractivity contribution in [2.45, 2.75) is 32.9 Å². The first-order valence-electron chi connectivity index (χ1n) is 12.6. The fourth-order valence-electron chi connectivity index (χ4n) is 4.04. The predicted octanol–water partition coefficient (Wildman–Crippen LogP) is 5.93. The van der Waals surface area contributed by atoms with Gasteiger partial charge in [-0.15, -0.1) is 0 Å². The van der Waals surface area contributed by atoms with Gasteiger partial charge in [-0.3, -0.25) is 13.9 Å². The summed E-state index contributed by atoms with van der Waals surface area (Å²) in [6.07, 6.45) is 1.24. The molecule has 0 aromatic heterocycles. The standard InChI is InChI=1S/C29H32BrCl2N3O4S/c1-20(2)17-33-29(37)27(15-21-7-5-4-6-8-21)34(18-22-9-11-23(30)12-10-22)28(36)19-35(40(3,38)39)26-14-13-24(31)16-25(26)32/h4-14,16,20,27H,15,17-19H2,1-3H3,(H,33,37)/t27-/m1/s1. The molecule has 3 aromatic rings. The van der Waals surface area contributed by atoms with Crippen LogP contribution in [0.2, 0.25) is 10.0 Å². The van der Waals surface area contributed by atoms with Crippen molar-refractivity contribution in [2.75, 3.05) is 23.7 Å². The number of hydrogen-bond donors (Lipinski definition) is 1. The summed E-state index contributed by atoms with van der Waals surface area (Å²) in [6.45, 7) is 3.93. The summed E-state index contributed by atoms with van der Waals surface area (Å²) < 4.78 is 27.6. The summed E-state index contributed by atoms with van der Waals surface area (Å²) >= 11 is 15.8. The van der Waals surface area contributed by atoms with Gasteiger partial charge in [0.25, 0.3) is 0 Å². The highest BCUT2D eigenvalue weighted by atomic mass is 79.9. The zero-order chi connectivity index (χ0) is 29.4. The predicted molar refractivity (Wildman–Crippen MR) is 165 cm³/mol. The minimum absolute atomic E-state index is 0.0840. The molecular formula is C29H32BrCl2N3O4S. The third kappa shape index (κ3) is 9.23. The second kappa shape index (κ2) is 14.3. The zero-order valence-electron chi connectivity index (χ0n) is 22.5. The van der Waals surface area contributed by atoms with E-state index >= 15 is 0 Å². The van der Waals surface area contributed by atoms with Crippen LogP contribution >= 0.6 is 39.1 Å².